The third-order valence-electron chi connectivity index (χ3n) is 5.62. The highest BCUT2D eigenvalue weighted by atomic mass is 16.6. The van der Waals surface area contributed by atoms with E-state index in [1.807, 2.05) is 32.2 Å². The van der Waals surface area contributed by atoms with Crippen LogP contribution in [0.5, 0.6) is 0 Å². The second-order valence-corrected chi connectivity index (χ2v) is 8.04. The van der Waals surface area contributed by atoms with Crippen LogP contribution in [0.2, 0.25) is 0 Å². The minimum atomic E-state index is -0.137. The molecule has 190 valence electrons. The van der Waals surface area contributed by atoms with Crippen LogP contribution in [-0.4, -0.2) is 82.3 Å². The van der Waals surface area contributed by atoms with Crippen LogP contribution in [0, 0.1) is 0 Å². The van der Waals surface area contributed by atoms with Gasteiger partial charge in [0, 0.05) is 31.6 Å². The maximum atomic E-state index is 13.0. The number of carbonyl (C=O) groups excluding carboxylic acids is 3. The second-order valence-electron chi connectivity index (χ2n) is 8.04. The number of amides is 3. The highest BCUT2D eigenvalue weighted by Gasteiger charge is 2.33. The van der Waals surface area contributed by atoms with Crippen LogP contribution in [0.4, 0.5) is 0 Å². The van der Waals surface area contributed by atoms with Crippen molar-refractivity contribution < 1.29 is 28.7 Å². The van der Waals surface area contributed by atoms with E-state index >= 15 is 0 Å². The van der Waals surface area contributed by atoms with Gasteiger partial charge in [-0.3, -0.25) is 19.2 Å². The molecular formula is C24H38N4O6. The van der Waals surface area contributed by atoms with Gasteiger partial charge in [0.2, 0.25) is 12.3 Å². The van der Waals surface area contributed by atoms with E-state index in [0.717, 1.165) is 30.5 Å². The van der Waals surface area contributed by atoms with Crippen LogP contribution in [0.15, 0.2) is 18.2 Å². The number of rotatable bonds is 19. The van der Waals surface area contributed by atoms with Gasteiger partial charge in [-0.2, -0.15) is 0 Å². The smallest absolute Gasteiger partial charge is 0.254 e. The Balaban J connectivity index is 1.78. The molecule has 0 aliphatic carbocycles. The summed E-state index contributed by atoms with van der Waals surface area (Å²) in [5.74, 6) is -0.0913. The highest BCUT2D eigenvalue weighted by molar-refractivity contribution is 5.99. The topological polar surface area (TPSA) is 118 Å². The lowest BCUT2D eigenvalue weighted by atomic mass is 9.99. The van der Waals surface area contributed by atoms with Gasteiger partial charge in [0.1, 0.15) is 0 Å². The number of nitrogens with zero attached hydrogens (tertiary/aromatic N) is 1. The Labute approximate surface area is 201 Å². The zero-order valence-corrected chi connectivity index (χ0v) is 20.3. The van der Waals surface area contributed by atoms with Crippen molar-refractivity contribution in [2.75, 3.05) is 53.2 Å². The molecule has 3 N–H and O–H groups in total. The zero-order valence-electron chi connectivity index (χ0n) is 20.3. The highest BCUT2D eigenvalue weighted by Crippen LogP contribution is 2.29. The van der Waals surface area contributed by atoms with Crippen LogP contribution in [0.1, 0.15) is 47.7 Å². The summed E-state index contributed by atoms with van der Waals surface area (Å²) >= 11 is 0. The summed E-state index contributed by atoms with van der Waals surface area (Å²) in [6.07, 6.45) is 3.01. The number of benzene rings is 1. The summed E-state index contributed by atoms with van der Waals surface area (Å²) in [6, 6.07) is 5.52. The maximum Gasteiger partial charge on any atom is 0.254 e. The molecule has 0 saturated heterocycles. The van der Waals surface area contributed by atoms with Crippen LogP contribution in [-0.2, 0) is 36.9 Å². The van der Waals surface area contributed by atoms with E-state index in [1.54, 1.807) is 4.90 Å². The number of aryl methyl sites for hydroxylation is 1. The van der Waals surface area contributed by atoms with Gasteiger partial charge in [0.25, 0.3) is 5.91 Å². The lowest BCUT2D eigenvalue weighted by molar-refractivity contribution is -0.122. The number of likely N-dealkylation sites (N-methyl/N-ethyl adjacent to an activating group) is 1. The average Bonchev–Trinajstić information content (AvgIpc) is 3.18. The van der Waals surface area contributed by atoms with E-state index in [4.69, 9.17) is 14.3 Å². The molecule has 1 aromatic rings. The number of carbonyl (C=O) groups is 3. The molecule has 10 nitrogen and oxygen atoms in total. The van der Waals surface area contributed by atoms with Gasteiger partial charge in [-0.25, -0.2) is 5.48 Å². The third kappa shape index (κ3) is 9.02. The molecule has 0 fully saturated rings. The van der Waals surface area contributed by atoms with Crippen molar-refractivity contribution >= 4 is 18.2 Å². The number of ether oxygens (including phenoxy) is 2. The van der Waals surface area contributed by atoms with Crippen LogP contribution < -0.4 is 16.1 Å². The molecule has 1 aliphatic rings. The molecule has 0 bridgehead atoms. The summed E-state index contributed by atoms with van der Waals surface area (Å²) in [7, 11) is 1.87. The fourth-order valence-corrected chi connectivity index (χ4v) is 3.88. The van der Waals surface area contributed by atoms with E-state index < -0.39 is 0 Å². The van der Waals surface area contributed by atoms with E-state index in [-0.39, 0.29) is 24.5 Å². The van der Waals surface area contributed by atoms with Crippen molar-refractivity contribution in [1.29, 1.82) is 0 Å². The van der Waals surface area contributed by atoms with Gasteiger partial charge in [0.15, 0.2) is 0 Å². The van der Waals surface area contributed by atoms with Crippen molar-refractivity contribution in [3.8, 4) is 0 Å². The third-order valence-corrected chi connectivity index (χ3v) is 5.62. The first-order valence-corrected chi connectivity index (χ1v) is 11.9. The Hall–Kier alpha value is -2.53. The molecule has 1 heterocycles. The number of nitrogens with one attached hydrogen (secondary N) is 3. The summed E-state index contributed by atoms with van der Waals surface area (Å²) in [4.78, 5) is 42.7. The summed E-state index contributed by atoms with van der Waals surface area (Å²) in [5.41, 5.74) is 4.84. The average molecular weight is 479 g/mol. The minimum Gasteiger partial charge on any atom is -0.378 e. The first kappa shape index (κ1) is 27.7. The summed E-state index contributed by atoms with van der Waals surface area (Å²) in [5, 5.41) is 5.87. The fraction of sp³-hybridized carbons (Fsp3) is 0.625. The molecule has 0 saturated carbocycles. The molecule has 0 aromatic heterocycles. The zero-order chi connectivity index (χ0) is 24.6. The van der Waals surface area contributed by atoms with Crippen molar-refractivity contribution in [1.82, 2.24) is 21.0 Å². The molecule has 10 heteroatoms. The van der Waals surface area contributed by atoms with Gasteiger partial charge in [-0.1, -0.05) is 25.5 Å². The van der Waals surface area contributed by atoms with Crippen molar-refractivity contribution in [3.05, 3.63) is 34.9 Å². The molecule has 1 unspecified atom stereocenters. The molecule has 3 amide bonds. The van der Waals surface area contributed by atoms with E-state index in [1.165, 1.54) is 0 Å². The van der Waals surface area contributed by atoms with Crippen LogP contribution >= 0.6 is 0 Å². The van der Waals surface area contributed by atoms with E-state index in [9.17, 15) is 14.4 Å². The first-order chi connectivity index (χ1) is 16.6. The fourth-order valence-electron chi connectivity index (χ4n) is 3.88. The van der Waals surface area contributed by atoms with E-state index in [0.29, 0.717) is 64.3 Å². The number of hydrogen-bond donors (Lipinski definition) is 3. The lowest BCUT2D eigenvalue weighted by Gasteiger charge is -2.27. The SMILES string of the molecule is CCCC(CONC=O)N1Cc2c(CCC(=O)NCCOCCOCCNC)cccc2C1=O. The monoisotopic (exact) mass is 478 g/mol. The Morgan fingerprint density at radius 3 is 2.65 bits per heavy atom. The summed E-state index contributed by atoms with van der Waals surface area (Å²) in [6.45, 7) is 6.11. The van der Waals surface area contributed by atoms with Gasteiger partial charge in [-0.15, -0.1) is 0 Å². The van der Waals surface area contributed by atoms with E-state index in [2.05, 4.69) is 16.1 Å². The van der Waals surface area contributed by atoms with Crippen molar-refractivity contribution in [2.45, 2.75) is 45.2 Å². The minimum absolute atomic E-state index is 0.0402. The Morgan fingerprint density at radius 2 is 1.94 bits per heavy atom. The number of hydrogen-bond acceptors (Lipinski definition) is 7. The predicted octanol–water partition coefficient (Wildman–Crippen LogP) is 0.790. The Morgan fingerprint density at radius 1 is 1.18 bits per heavy atom. The molecule has 2 rings (SSSR count). The predicted molar refractivity (Wildman–Crippen MR) is 127 cm³/mol. The first-order valence-electron chi connectivity index (χ1n) is 11.9. The van der Waals surface area contributed by atoms with Gasteiger partial charge >= 0.3 is 0 Å². The number of fused-ring (bicyclic) bond motifs is 1. The van der Waals surface area contributed by atoms with Crippen LogP contribution in [0.25, 0.3) is 0 Å². The molecule has 1 aliphatic heterocycles. The summed E-state index contributed by atoms with van der Waals surface area (Å²) < 4.78 is 10.8. The molecule has 1 atom stereocenters. The van der Waals surface area contributed by atoms with Gasteiger partial charge in [-0.05, 0) is 37.1 Å². The van der Waals surface area contributed by atoms with Gasteiger partial charge in [0.05, 0.1) is 39.1 Å². The largest absolute Gasteiger partial charge is 0.378 e. The Bertz CT molecular complexity index is 776. The molecule has 1 aromatic carbocycles. The quantitative estimate of drug-likeness (QED) is 0.153. The standard InChI is InChI=1S/C24H38N4O6/c1-3-5-20(17-34-27-18-29)28-16-22-19(6-4-7-21(22)24(28)31)8-9-23(30)26-11-13-33-15-14-32-12-10-25-2/h4,6-7,18,20,25H,3,5,8-17H2,1-2H3,(H,26,30)(H,27,29). The second kappa shape index (κ2) is 16.2. The number of hydroxylamine groups is 1. The van der Waals surface area contributed by atoms with Crippen molar-refractivity contribution in [2.24, 2.45) is 0 Å². The normalized spacial score (nSPS) is 13.6. The molecule has 34 heavy (non-hydrogen) atoms. The maximum absolute atomic E-state index is 13.0. The molecular weight excluding hydrogens is 440 g/mol. The van der Waals surface area contributed by atoms with Gasteiger partial charge < -0.3 is 25.0 Å². The van der Waals surface area contributed by atoms with Crippen molar-refractivity contribution in [3.63, 3.8) is 0 Å². The lowest BCUT2D eigenvalue weighted by Crippen LogP contribution is -2.40. The Kier molecular flexibility index (Phi) is 13.2. The molecule has 0 radical (unpaired) electrons. The molecule has 0 spiro atoms. The van der Waals surface area contributed by atoms with Crippen LogP contribution in [0.3, 0.4) is 0 Å².